The molecule has 1 N–H and O–H groups in total. The SMILES string of the molecule is COCc1cc(=O)n2[nH]c(C)c(-c3ccc(OC)cc3)c2n1. The summed E-state index contributed by atoms with van der Waals surface area (Å²) in [4.78, 5) is 16.7. The van der Waals surface area contributed by atoms with Crippen molar-refractivity contribution >= 4 is 5.65 Å². The number of aryl methyl sites for hydroxylation is 1. The van der Waals surface area contributed by atoms with E-state index in [2.05, 4.69) is 10.1 Å². The maximum Gasteiger partial charge on any atom is 0.273 e. The Bertz CT molecular complexity index is 863. The second-order valence-corrected chi connectivity index (χ2v) is 5.02. The summed E-state index contributed by atoms with van der Waals surface area (Å²) in [6.07, 6.45) is 0. The van der Waals surface area contributed by atoms with Crippen molar-refractivity contribution in [2.45, 2.75) is 13.5 Å². The molecule has 0 radical (unpaired) electrons. The maximum atomic E-state index is 12.2. The van der Waals surface area contributed by atoms with Crippen LogP contribution in [0.15, 0.2) is 35.1 Å². The number of ether oxygens (including phenoxy) is 2. The second kappa shape index (κ2) is 5.65. The lowest BCUT2D eigenvalue weighted by atomic mass is 10.1. The van der Waals surface area contributed by atoms with Gasteiger partial charge in [0.05, 0.1) is 19.4 Å². The zero-order valence-corrected chi connectivity index (χ0v) is 12.7. The van der Waals surface area contributed by atoms with E-state index in [9.17, 15) is 4.79 Å². The van der Waals surface area contributed by atoms with Gasteiger partial charge in [-0.3, -0.25) is 9.89 Å². The van der Waals surface area contributed by atoms with Gasteiger partial charge in [0.1, 0.15) is 5.75 Å². The molecular weight excluding hydrogens is 282 g/mol. The topological polar surface area (TPSA) is 68.6 Å². The molecule has 114 valence electrons. The average Bonchev–Trinajstić information content (AvgIpc) is 2.85. The van der Waals surface area contributed by atoms with E-state index in [1.807, 2.05) is 31.2 Å². The molecule has 0 fully saturated rings. The number of hydrogen-bond donors (Lipinski definition) is 1. The van der Waals surface area contributed by atoms with Crippen LogP contribution in [0.1, 0.15) is 11.4 Å². The first-order chi connectivity index (χ1) is 10.6. The van der Waals surface area contributed by atoms with Gasteiger partial charge in [0.25, 0.3) is 5.56 Å². The highest BCUT2D eigenvalue weighted by Gasteiger charge is 2.14. The Kier molecular flexibility index (Phi) is 3.68. The van der Waals surface area contributed by atoms with Crippen LogP contribution in [0.25, 0.3) is 16.8 Å². The molecular formula is C16H17N3O3. The molecule has 0 saturated carbocycles. The Morgan fingerprint density at radius 1 is 1.23 bits per heavy atom. The summed E-state index contributed by atoms with van der Waals surface area (Å²) in [6.45, 7) is 2.22. The number of aromatic nitrogens is 3. The predicted molar refractivity (Wildman–Crippen MR) is 83.3 cm³/mol. The summed E-state index contributed by atoms with van der Waals surface area (Å²) < 4.78 is 11.7. The van der Waals surface area contributed by atoms with Crippen LogP contribution in [-0.4, -0.2) is 28.8 Å². The fourth-order valence-corrected chi connectivity index (χ4v) is 2.52. The molecule has 0 aliphatic rings. The average molecular weight is 299 g/mol. The largest absolute Gasteiger partial charge is 0.497 e. The minimum atomic E-state index is -0.153. The van der Waals surface area contributed by atoms with Crippen LogP contribution in [0.4, 0.5) is 0 Å². The molecule has 1 aromatic carbocycles. The van der Waals surface area contributed by atoms with Gasteiger partial charge < -0.3 is 9.47 Å². The molecule has 0 aliphatic carbocycles. The third kappa shape index (κ3) is 2.37. The van der Waals surface area contributed by atoms with E-state index < -0.39 is 0 Å². The normalized spacial score (nSPS) is 11.0. The van der Waals surface area contributed by atoms with Crippen molar-refractivity contribution in [2.24, 2.45) is 0 Å². The minimum Gasteiger partial charge on any atom is -0.497 e. The number of nitrogens with one attached hydrogen (secondary N) is 1. The van der Waals surface area contributed by atoms with E-state index in [-0.39, 0.29) is 5.56 Å². The zero-order valence-electron chi connectivity index (χ0n) is 12.7. The molecule has 0 saturated heterocycles. The molecule has 0 bridgehead atoms. The summed E-state index contributed by atoms with van der Waals surface area (Å²) in [5, 5.41) is 3.06. The van der Waals surface area contributed by atoms with Gasteiger partial charge in [-0.15, -0.1) is 0 Å². The van der Waals surface area contributed by atoms with Gasteiger partial charge in [0, 0.05) is 24.4 Å². The summed E-state index contributed by atoms with van der Waals surface area (Å²) in [6, 6.07) is 9.14. The molecule has 2 heterocycles. The van der Waals surface area contributed by atoms with E-state index in [1.54, 1.807) is 14.2 Å². The second-order valence-electron chi connectivity index (χ2n) is 5.02. The van der Waals surface area contributed by atoms with Crippen molar-refractivity contribution in [1.29, 1.82) is 0 Å². The first kappa shape index (κ1) is 14.3. The van der Waals surface area contributed by atoms with E-state index in [4.69, 9.17) is 9.47 Å². The number of nitrogens with zero attached hydrogens (tertiary/aromatic N) is 2. The van der Waals surface area contributed by atoms with Crippen LogP contribution >= 0.6 is 0 Å². The van der Waals surface area contributed by atoms with E-state index in [0.29, 0.717) is 17.9 Å². The smallest absolute Gasteiger partial charge is 0.273 e. The van der Waals surface area contributed by atoms with Crippen molar-refractivity contribution in [3.8, 4) is 16.9 Å². The number of rotatable bonds is 4. The fourth-order valence-electron chi connectivity index (χ4n) is 2.52. The number of hydrogen-bond acceptors (Lipinski definition) is 4. The van der Waals surface area contributed by atoms with Gasteiger partial charge in [0.2, 0.25) is 0 Å². The van der Waals surface area contributed by atoms with Crippen molar-refractivity contribution < 1.29 is 9.47 Å². The van der Waals surface area contributed by atoms with Crippen LogP contribution in [0.3, 0.4) is 0 Å². The van der Waals surface area contributed by atoms with Gasteiger partial charge in [-0.1, -0.05) is 12.1 Å². The number of aromatic amines is 1. The molecule has 0 amide bonds. The van der Waals surface area contributed by atoms with Crippen molar-refractivity contribution in [3.05, 3.63) is 52.1 Å². The summed E-state index contributed by atoms with van der Waals surface area (Å²) >= 11 is 0. The lowest BCUT2D eigenvalue weighted by Gasteiger charge is -2.04. The molecule has 22 heavy (non-hydrogen) atoms. The maximum absolute atomic E-state index is 12.2. The van der Waals surface area contributed by atoms with Crippen LogP contribution in [0.2, 0.25) is 0 Å². The number of fused-ring (bicyclic) bond motifs is 1. The fraction of sp³-hybridized carbons (Fsp3) is 0.250. The minimum absolute atomic E-state index is 0.153. The summed E-state index contributed by atoms with van der Waals surface area (Å²) in [5.74, 6) is 0.784. The number of methoxy groups -OCH3 is 2. The Labute approximate surface area is 127 Å². The standard InChI is InChI=1S/C16H17N3O3/c1-10-15(11-4-6-13(22-3)7-5-11)16-17-12(9-21-2)8-14(20)19(16)18-10/h4-8,18H,9H2,1-3H3. The lowest BCUT2D eigenvalue weighted by molar-refractivity contribution is 0.181. The molecule has 0 aliphatic heterocycles. The highest BCUT2D eigenvalue weighted by molar-refractivity contribution is 5.80. The molecule has 0 atom stereocenters. The Morgan fingerprint density at radius 3 is 2.59 bits per heavy atom. The highest BCUT2D eigenvalue weighted by Crippen LogP contribution is 2.28. The van der Waals surface area contributed by atoms with Gasteiger partial charge in [-0.25, -0.2) is 9.50 Å². The lowest BCUT2D eigenvalue weighted by Crippen LogP contribution is -2.15. The van der Waals surface area contributed by atoms with Crippen LogP contribution < -0.4 is 10.3 Å². The summed E-state index contributed by atoms with van der Waals surface area (Å²) in [7, 11) is 3.21. The third-order valence-electron chi connectivity index (χ3n) is 3.52. The molecule has 2 aromatic heterocycles. The van der Waals surface area contributed by atoms with Crippen LogP contribution in [0, 0.1) is 6.92 Å². The van der Waals surface area contributed by atoms with Gasteiger partial charge in [-0.2, -0.15) is 0 Å². The van der Waals surface area contributed by atoms with E-state index in [0.717, 1.165) is 22.6 Å². The quantitative estimate of drug-likeness (QED) is 0.801. The van der Waals surface area contributed by atoms with Gasteiger partial charge in [-0.05, 0) is 24.6 Å². The van der Waals surface area contributed by atoms with Gasteiger partial charge >= 0.3 is 0 Å². The molecule has 3 rings (SSSR count). The van der Waals surface area contributed by atoms with E-state index >= 15 is 0 Å². The molecule has 0 unspecified atom stereocenters. The Balaban J connectivity index is 2.23. The highest BCUT2D eigenvalue weighted by atomic mass is 16.5. The molecule has 6 heteroatoms. The number of benzene rings is 1. The van der Waals surface area contributed by atoms with Crippen LogP contribution in [-0.2, 0) is 11.3 Å². The monoisotopic (exact) mass is 299 g/mol. The van der Waals surface area contributed by atoms with Crippen LogP contribution in [0.5, 0.6) is 5.75 Å². The third-order valence-corrected chi connectivity index (χ3v) is 3.52. The molecule has 3 aromatic rings. The van der Waals surface area contributed by atoms with Crippen molar-refractivity contribution in [3.63, 3.8) is 0 Å². The number of H-pyrrole nitrogens is 1. The first-order valence-electron chi connectivity index (χ1n) is 6.88. The van der Waals surface area contributed by atoms with Crippen molar-refractivity contribution in [1.82, 2.24) is 14.6 Å². The first-order valence-corrected chi connectivity index (χ1v) is 6.88. The van der Waals surface area contributed by atoms with Crippen molar-refractivity contribution in [2.75, 3.05) is 14.2 Å². The predicted octanol–water partition coefficient (Wildman–Crippen LogP) is 2.15. The Morgan fingerprint density at radius 2 is 1.95 bits per heavy atom. The zero-order chi connectivity index (χ0) is 15.7. The van der Waals surface area contributed by atoms with Gasteiger partial charge in [0.15, 0.2) is 5.65 Å². The molecule has 0 spiro atoms. The molecule has 6 nitrogen and oxygen atoms in total. The Hall–Kier alpha value is -2.60. The summed E-state index contributed by atoms with van der Waals surface area (Å²) in [5.41, 5.74) is 3.81. The van der Waals surface area contributed by atoms with E-state index in [1.165, 1.54) is 10.6 Å².